The molecular weight excluding hydrogens is 222 g/mol. The molecule has 0 N–H and O–H groups in total. The second-order valence-electron chi connectivity index (χ2n) is 5.39. The van der Waals surface area contributed by atoms with Gasteiger partial charge in [0.15, 0.2) is 5.78 Å². The van der Waals surface area contributed by atoms with E-state index in [1.54, 1.807) is 0 Å². The Kier molecular flexibility index (Phi) is 6.56. The van der Waals surface area contributed by atoms with E-state index < -0.39 is 0 Å². The van der Waals surface area contributed by atoms with Crippen molar-refractivity contribution in [3.8, 4) is 0 Å². The third-order valence-electron chi connectivity index (χ3n) is 2.62. The first-order chi connectivity index (χ1) is 8.34. The molecule has 0 amide bonds. The number of hydrogen-bond acceptors (Lipinski definition) is 2. The van der Waals surface area contributed by atoms with E-state index in [0.717, 1.165) is 5.56 Å². The third kappa shape index (κ3) is 4.46. The van der Waals surface area contributed by atoms with Gasteiger partial charge in [0.2, 0.25) is 0 Å². The van der Waals surface area contributed by atoms with Gasteiger partial charge < -0.3 is 0 Å². The maximum Gasteiger partial charge on any atom is 0.159 e. The predicted molar refractivity (Wildman–Crippen MR) is 78.6 cm³/mol. The van der Waals surface area contributed by atoms with Crippen molar-refractivity contribution in [2.45, 2.75) is 26.8 Å². The van der Waals surface area contributed by atoms with Gasteiger partial charge in [0.05, 0.1) is 6.04 Å². The molecule has 2 nitrogen and oxygen atoms in total. The summed E-state index contributed by atoms with van der Waals surface area (Å²) in [5.41, 5.74) is 0.748. The minimum Gasteiger partial charge on any atom is -0.297 e. The Labute approximate surface area is 111 Å². The molecule has 0 aliphatic heterocycles. The number of hydrogen-bond donors (Lipinski definition) is 0. The Morgan fingerprint density at radius 2 is 1.56 bits per heavy atom. The summed E-state index contributed by atoms with van der Waals surface area (Å²) < 4.78 is 0. The van der Waals surface area contributed by atoms with Crippen molar-refractivity contribution in [2.75, 3.05) is 14.1 Å². The normalized spacial score (nSPS) is 12.6. The fourth-order valence-electron chi connectivity index (χ4n) is 1.73. The lowest BCUT2D eigenvalue weighted by Gasteiger charge is -2.29. The van der Waals surface area contributed by atoms with E-state index in [1.165, 1.54) is 0 Å². The highest BCUT2D eigenvalue weighted by molar-refractivity contribution is 5.89. The first-order valence-electron chi connectivity index (χ1n) is 6.09. The summed E-state index contributed by atoms with van der Waals surface area (Å²) in [5, 5.41) is 0. The standard InChI is InChI=1S/C14H21NO.C2H4/c1-14(2,3)13(16)12(15(4)5)11-9-7-6-8-10-11;1-2/h6-10,12H,1-5H3;1-2H2. The Morgan fingerprint density at radius 3 is 1.89 bits per heavy atom. The first kappa shape index (κ1) is 16.6. The van der Waals surface area contributed by atoms with Crippen molar-refractivity contribution in [1.82, 2.24) is 4.90 Å². The van der Waals surface area contributed by atoms with Crippen LogP contribution in [0.4, 0.5) is 0 Å². The molecule has 1 rings (SSSR count). The SMILES string of the molecule is C=C.CN(C)C(C(=O)C(C)(C)C)c1ccccc1. The molecule has 1 atom stereocenters. The summed E-state index contributed by atoms with van der Waals surface area (Å²) in [5.74, 6) is 0.253. The maximum absolute atomic E-state index is 12.4. The van der Waals surface area contributed by atoms with Gasteiger partial charge in [-0.3, -0.25) is 9.69 Å². The summed E-state index contributed by atoms with van der Waals surface area (Å²) in [7, 11) is 3.89. The van der Waals surface area contributed by atoms with Crippen molar-refractivity contribution in [2.24, 2.45) is 5.41 Å². The van der Waals surface area contributed by atoms with Crippen molar-refractivity contribution in [1.29, 1.82) is 0 Å². The van der Waals surface area contributed by atoms with Gasteiger partial charge in [-0.15, -0.1) is 13.2 Å². The van der Waals surface area contributed by atoms with Gasteiger partial charge >= 0.3 is 0 Å². The number of carbonyl (C=O) groups excluding carboxylic acids is 1. The third-order valence-corrected chi connectivity index (χ3v) is 2.62. The summed E-state index contributed by atoms with van der Waals surface area (Å²) >= 11 is 0. The zero-order valence-corrected chi connectivity index (χ0v) is 12.2. The second-order valence-corrected chi connectivity index (χ2v) is 5.39. The Morgan fingerprint density at radius 1 is 1.11 bits per heavy atom. The Balaban J connectivity index is 0.00000137. The highest BCUT2D eigenvalue weighted by Gasteiger charge is 2.31. The molecule has 1 aromatic carbocycles. The smallest absolute Gasteiger partial charge is 0.159 e. The number of benzene rings is 1. The molecule has 0 saturated heterocycles. The van der Waals surface area contributed by atoms with Crippen LogP contribution in [0.1, 0.15) is 32.4 Å². The molecule has 0 aromatic heterocycles. The van der Waals surface area contributed by atoms with Crippen LogP contribution in [0.25, 0.3) is 0 Å². The van der Waals surface area contributed by atoms with Gasteiger partial charge in [0.25, 0.3) is 0 Å². The number of Topliss-reactive ketones (excluding diaryl/α,β-unsaturated/α-hetero) is 1. The van der Waals surface area contributed by atoms with Crippen LogP contribution in [0.15, 0.2) is 43.5 Å². The molecule has 0 radical (unpaired) electrons. The lowest BCUT2D eigenvalue weighted by molar-refractivity contribution is -0.131. The lowest BCUT2D eigenvalue weighted by atomic mass is 9.83. The molecule has 2 heteroatoms. The van der Waals surface area contributed by atoms with E-state index >= 15 is 0 Å². The van der Waals surface area contributed by atoms with Gasteiger partial charge in [-0.25, -0.2) is 0 Å². The lowest BCUT2D eigenvalue weighted by Crippen LogP contribution is -2.35. The van der Waals surface area contributed by atoms with Crippen LogP contribution in [0.3, 0.4) is 0 Å². The van der Waals surface area contributed by atoms with Crippen LogP contribution in [0.5, 0.6) is 0 Å². The van der Waals surface area contributed by atoms with Crippen LogP contribution in [0.2, 0.25) is 0 Å². The van der Waals surface area contributed by atoms with Crippen LogP contribution in [0, 0.1) is 5.41 Å². The summed E-state index contributed by atoms with van der Waals surface area (Å²) in [6, 6.07) is 9.78. The number of nitrogens with zero attached hydrogens (tertiary/aromatic N) is 1. The summed E-state index contributed by atoms with van der Waals surface area (Å²) in [6.45, 7) is 11.9. The average Bonchev–Trinajstić information content (AvgIpc) is 2.31. The van der Waals surface area contributed by atoms with Gasteiger partial charge in [-0.2, -0.15) is 0 Å². The van der Waals surface area contributed by atoms with Crippen molar-refractivity contribution >= 4 is 5.78 Å². The molecule has 0 spiro atoms. The minimum atomic E-state index is -0.315. The van der Waals surface area contributed by atoms with E-state index in [4.69, 9.17) is 0 Å². The van der Waals surface area contributed by atoms with Crippen LogP contribution in [-0.4, -0.2) is 24.8 Å². The molecular formula is C16H25NO. The van der Waals surface area contributed by atoms with Crippen LogP contribution in [-0.2, 0) is 4.79 Å². The first-order valence-corrected chi connectivity index (χ1v) is 6.09. The molecule has 0 aliphatic rings. The highest BCUT2D eigenvalue weighted by Crippen LogP contribution is 2.28. The molecule has 18 heavy (non-hydrogen) atoms. The molecule has 1 unspecified atom stereocenters. The molecule has 1 aromatic rings. The topological polar surface area (TPSA) is 20.3 Å². The largest absolute Gasteiger partial charge is 0.297 e. The second kappa shape index (κ2) is 7.12. The summed E-state index contributed by atoms with van der Waals surface area (Å²) in [6.07, 6.45) is 0. The summed E-state index contributed by atoms with van der Waals surface area (Å²) in [4.78, 5) is 14.3. The van der Waals surface area contributed by atoms with E-state index in [0.29, 0.717) is 0 Å². The molecule has 0 saturated carbocycles. The number of likely N-dealkylation sites (N-methyl/N-ethyl adjacent to an activating group) is 1. The molecule has 0 fully saturated rings. The van der Waals surface area contributed by atoms with Crippen molar-refractivity contribution < 1.29 is 4.79 Å². The van der Waals surface area contributed by atoms with Gasteiger partial charge in [0.1, 0.15) is 0 Å². The van der Waals surface area contributed by atoms with E-state index in [9.17, 15) is 4.79 Å². The number of ketones is 1. The maximum atomic E-state index is 12.4. The van der Waals surface area contributed by atoms with Gasteiger partial charge in [-0.05, 0) is 19.7 Å². The van der Waals surface area contributed by atoms with Gasteiger partial charge in [-0.1, -0.05) is 51.1 Å². The van der Waals surface area contributed by atoms with Gasteiger partial charge in [0, 0.05) is 5.41 Å². The molecule has 0 aliphatic carbocycles. The van der Waals surface area contributed by atoms with Crippen LogP contribution >= 0.6 is 0 Å². The number of carbonyl (C=O) groups is 1. The fraction of sp³-hybridized carbons (Fsp3) is 0.438. The van der Waals surface area contributed by atoms with E-state index in [1.807, 2.05) is 70.1 Å². The highest BCUT2D eigenvalue weighted by atomic mass is 16.1. The van der Waals surface area contributed by atoms with E-state index in [2.05, 4.69) is 13.2 Å². The Hall–Kier alpha value is -1.41. The monoisotopic (exact) mass is 247 g/mol. The van der Waals surface area contributed by atoms with Crippen molar-refractivity contribution in [3.63, 3.8) is 0 Å². The fourth-order valence-corrected chi connectivity index (χ4v) is 1.73. The van der Waals surface area contributed by atoms with E-state index in [-0.39, 0.29) is 17.2 Å². The quantitative estimate of drug-likeness (QED) is 0.759. The molecule has 100 valence electrons. The average molecular weight is 247 g/mol. The van der Waals surface area contributed by atoms with Crippen molar-refractivity contribution in [3.05, 3.63) is 49.1 Å². The number of rotatable bonds is 3. The zero-order valence-electron chi connectivity index (χ0n) is 12.2. The molecule has 0 bridgehead atoms. The molecule has 0 heterocycles. The van der Waals surface area contributed by atoms with Crippen LogP contribution < -0.4 is 0 Å². The Bertz CT molecular complexity index is 362. The zero-order chi connectivity index (χ0) is 14.3. The minimum absolute atomic E-state index is 0.152. The predicted octanol–water partition coefficient (Wildman–Crippen LogP) is 3.71.